The van der Waals surface area contributed by atoms with Gasteiger partial charge in [-0.05, 0) is 24.6 Å². The van der Waals surface area contributed by atoms with Gasteiger partial charge in [0.25, 0.3) is 10.0 Å². The molecule has 0 saturated carbocycles. The van der Waals surface area contributed by atoms with Gasteiger partial charge in [-0.25, -0.2) is 17.5 Å². The molecule has 19 heavy (non-hydrogen) atoms. The number of nitrogens with zero attached hydrogens (tertiary/aromatic N) is 2. The van der Waals surface area contributed by atoms with E-state index in [1.54, 1.807) is 6.92 Å². The average Bonchev–Trinajstić information content (AvgIpc) is 2.68. The van der Waals surface area contributed by atoms with Crippen LogP contribution in [0.3, 0.4) is 0 Å². The summed E-state index contributed by atoms with van der Waals surface area (Å²) in [6.45, 7) is 3.07. The van der Waals surface area contributed by atoms with Gasteiger partial charge in [0.05, 0.1) is 0 Å². The number of rotatable bonds is 3. The van der Waals surface area contributed by atoms with Crippen molar-refractivity contribution in [2.45, 2.75) is 18.7 Å². The van der Waals surface area contributed by atoms with Crippen molar-refractivity contribution in [3.8, 4) is 0 Å². The van der Waals surface area contributed by atoms with Crippen LogP contribution in [0.1, 0.15) is 11.5 Å². The van der Waals surface area contributed by atoms with E-state index in [0.29, 0.717) is 5.56 Å². The Labute approximate surface area is 108 Å². The van der Waals surface area contributed by atoms with E-state index in [-0.39, 0.29) is 17.6 Å². The molecule has 2 rings (SSSR count). The van der Waals surface area contributed by atoms with Crippen LogP contribution in [0.2, 0.25) is 0 Å². The number of hydrogen-bond acceptors (Lipinski definition) is 6. The van der Waals surface area contributed by atoms with Gasteiger partial charge < -0.3 is 10.2 Å². The quantitative estimate of drug-likeness (QED) is 0.820. The number of anilines is 2. The summed E-state index contributed by atoms with van der Waals surface area (Å²) in [5, 5.41) is 6.92. The predicted molar refractivity (Wildman–Crippen MR) is 65.4 cm³/mol. The number of nitrogen functional groups attached to an aromatic ring is 1. The first-order valence-corrected chi connectivity index (χ1v) is 6.66. The maximum absolute atomic E-state index is 13.7. The van der Waals surface area contributed by atoms with E-state index in [2.05, 4.69) is 10.2 Å². The first kappa shape index (κ1) is 13.3. The first-order valence-electron chi connectivity index (χ1n) is 5.18. The lowest BCUT2D eigenvalue weighted by Gasteiger charge is -2.08. The highest BCUT2D eigenvalue weighted by Gasteiger charge is 2.22. The maximum Gasteiger partial charge on any atom is 0.329 e. The fraction of sp³-hybridized carbons (Fsp3) is 0.200. The Kier molecular flexibility index (Phi) is 3.14. The molecule has 1 aromatic heterocycles. The standard InChI is InChI=1S/C10H11FN4O3S/c1-5-3-7(11)9(4-8(5)12)19(16,17)15-10-14-13-6(2)18-10/h3-4H,12H2,1-2H3,(H,14,15). The van der Waals surface area contributed by atoms with Gasteiger partial charge >= 0.3 is 6.01 Å². The lowest BCUT2D eigenvalue weighted by Crippen LogP contribution is -2.15. The molecular weight excluding hydrogens is 275 g/mol. The summed E-state index contributed by atoms with van der Waals surface area (Å²) >= 11 is 0. The Morgan fingerprint density at radius 3 is 2.58 bits per heavy atom. The SMILES string of the molecule is Cc1nnc(NS(=O)(=O)c2cc(N)c(C)cc2F)o1. The summed E-state index contributed by atoms with van der Waals surface area (Å²) < 4.78 is 44.5. The van der Waals surface area contributed by atoms with Crippen molar-refractivity contribution in [2.24, 2.45) is 0 Å². The number of hydrogen-bond donors (Lipinski definition) is 2. The van der Waals surface area contributed by atoms with Gasteiger partial charge in [-0.15, -0.1) is 5.10 Å². The molecular formula is C10H11FN4O3S. The zero-order valence-corrected chi connectivity index (χ0v) is 11.0. The van der Waals surface area contributed by atoms with E-state index in [9.17, 15) is 12.8 Å². The minimum atomic E-state index is -4.17. The third-order valence-corrected chi connectivity index (χ3v) is 3.69. The zero-order valence-electron chi connectivity index (χ0n) is 10.1. The monoisotopic (exact) mass is 286 g/mol. The van der Waals surface area contributed by atoms with Gasteiger partial charge in [0.1, 0.15) is 10.7 Å². The molecule has 1 heterocycles. The van der Waals surface area contributed by atoms with Crippen molar-refractivity contribution < 1.29 is 17.2 Å². The first-order chi connectivity index (χ1) is 8.79. The average molecular weight is 286 g/mol. The van der Waals surface area contributed by atoms with E-state index < -0.39 is 20.7 Å². The highest BCUT2D eigenvalue weighted by atomic mass is 32.2. The summed E-state index contributed by atoms with van der Waals surface area (Å²) in [6, 6.07) is 1.75. The van der Waals surface area contributed by atoms with Gasteiger partial charge in [0.15, 0.2) is 0 Å². The molecule has 0 aliphatic rings. The third-order valence-electron chi connectivity index (χ3n) is 2.36. The van der Waals surface area contributed by atoms with Crippen LogP contribution >= 0.6 is 0 Å². The maximum atomic E-state index is 13.7. The summed E-state index contributed by atoms with van der Waals surface area (Å²) in [7, 11) is -4.17. The normalized spacial score (nSPS) is 11.5. The van der Waals surface area contributed by atoms with Crippen LogP contribution in [0.5, 0.6) is 0 Å². The van der Waals surface area contributed by atoms with Crippen molar-refractivity contribution in [3.05, 3.63) is 29.4 Å². The Balaban J connectivity index is 2.42. The zero-order chi connectivity index (χ0) is 14.2. The minimum absolute atomic E-state index is 0.170. The van der Waals surface area contributed by atoms with Gasteiger partial charge in [-0.3, -0.25) is 0 Å². The van der Waals surface area contributed by atoms with Gasteiger partial charge in [0.2, 0.25) is 5.89 Å². The van der Waals surface area contributed by atoms with Crippen LogP contribution in [0.15, 0.2) is 21.4 Å². The van der Waals surface area contributed by atoms with Crippen molar-refractivity contribution in [1.29, 1.82) is 0 Å². The van der Waals surface area contributed by atoms with Crippen LogP contribution in [-0.2, 0) is 10.0 Å². The smallest absolute Gasteiger partial charge is 0.329 e. The second kappa shape index (κ2) is 4.50. The summed E-state index contributed by atoms with van der Waals surface area (Å²) in [5.74, 6) is -0.725. The van der Waals surface area contributed by atoms with Crippen molar-refractivity contribution in [1.82, 2.24) is 10.2 Å². The Hall–Kier alpha value is -2.16. The number of benzene rings is 1. The molecule has 102 valence electrons. The predicted octanol–water partition coefficient (Wildman–Crippen LogP) is 1.21. The number of halogens is 1. The van der Waals surface area contributed by atoms with Crippen LogP contribution in [0.4, 0.5) is 16.1 Å². The molecule has 0 fully saturated rings. The Bertz CT molecular complexity index is 726. The molecule has 2 aromatic rings. The lowest BCUT2D eigenvalue weighted by atomic mass is 10.2. The fourth-order valence-corrected chi connectivity index (χ4v) is 2.40. The summed E-state index contributed by atoms with van der Waals surface area (Å²) in [5.41, 5.74) is 6.19. The molecule has 0 bridgehead atoms. The van der Waals surface area contributed by atoms with E-state index in [1.165, 1.54) is 6.92 Å². The molecule has 9 heteroatoms. The second-order valence-electron chi connectivity index (χ2n) is 3.87. The van der Waals surface area contributed by atoms with Crippen molar-refractivity contribution in [3.63, 3.8) is 0 Å². The van der Waals surface area contributed by atoms with Gasteiger partial charge in [0, 0.05) is 12.6 Å². The molecule has 0 atom stereocenters. The molecule has 0 unspecified atom stereocenters. The van der Waals surface area contributed by atoms with Crippen molar-refractivity contribution in [2.75, 3.05) is 10.5 Å². The van der Waals surface area contributed by atoms with Gasteiger partial charge in [-0.1, -0.05) is 5.10 Å². The molecule has 7 nitrogen and oxygen atoms in total. The van der Waals surface area contributed by atoms with Crippen LogP contribution < -0.4 is 10.5 Å². The highest BCUT2D eigenvalue weighted by Crippen LogP contribution is 2.23. The number of aromatic nitrogens is 2. The van der Waals surface area contributed by atoms with Gasteiger partial charge in [-0.2, -0.15) is 0 Å². The number of nitrogens with one attached hydrogen (secondary N) is 1. The Morgan fingerprint density at radius 2 is 2.00 bits per heavy atom. The fourth-order valence-electron chi connectivity index (χ4n) is 1.38. The third kappa shape index (κ3) is 2.65. The second-order valence-corrected chi connectivity index (χ2v) is 5.52. The Morgan fingerprint density at radius 1 is 1.32 bits per heavy atom. The number of nitrogens with two attached hydrogens (primary N) is 1. The van der Waals surface area contributed by atoms with E-state index in [4.69, 9.17) is 10.2 Å². The summed E-state index contributed by atoms with van der Waals surface area (Å²) in [6.07, 6.45) is 0. The molecule has 0 radical (unpaired) electrons. The molecule has 0 spiro atoms. The molecule has 0 aliphatic heterocycles. The number of aryl methyl sites for hydroxylation is 2. The van der Waals surface area contributed by atoms with Crippen molar-refractivity contribution >= 4 is 21.7 Å². The molecule has 0 amide bonds. The largest absolute Gasteiger partial charge is 0.408 e. The van der Waals surface area contributed by atoms with E-state index >= 15 is 0 Å². The molecule has 1 aromatic carbocycles. The topological polar surface area (TPSA) is 111 Å². The summed E-state index contributed by atoms with van der Waals surface area (Å²) in [4.78, 5) is -0.577. The van der Waals surface area contributed by atoms with E-state index in [1.807, 2.05) is 4.72 Å². The van der Waals surface area contributed by atoms with E-state index in [0.717, 1.165) is 12.1 Å². The molecule has 0 aliphatic carbocycles. The number of sulfonamides is 1. The van der Waals surface area contributed by atoms with Crippen LogP contribution in [-0.4, -0.2) is 18.6 Å². The van der Waals surface area contributed by atoms with Crippen LogP contribution in [0, 0.1) is 19.7 Å². The minimum Gasteiger partial charge on any atom is -0.408 e. The lowest BCUT2D eigenvalue weighted by molar-refractivity contribution is 0.533. The molecule has 3 N–H and O–H groups in total. The highest BCUT2D eigenvalue weighted by molar-refractivity contribution is 7.92. The molecule has 0 saturated heterocycles. The van der Waals surface area contributed by atoms with Crippen LogP contribution in [0.25, 0.3) is 0 Å².